The molecule has 5 nitrogen and oxygen atoms in total. The van der Waals surface area contributed by atoms with Crippen molar-refractivity contribution < 1.29 is 9.47 Å². The molecule has 0 aromatic heterocycles. The number of guanidine groups is 1. The fourth-order valence-electron chi connectivity index (χ4n) is 2.94. The molecular formula is C20H29N3O2. The SMILES string of the molecule is C#CCOc1cc(CNC(=NC)N2CC(C)(C)C2(C)C)ccc1OC. The summed E-state index contributed by atoms with van der Waals surface area (Å²) in [6, 6.07) is 5.84. The van der Waals surface area contributed by atoms with Crippen molar-refractivity contribution in [2.24, 2.45) is 10.4 Å². The van der Waals surface area contributed by atoms with E-state index in [-0.39, 0.29) is 17.6 Å². The van der Waals surface area contributed by atoms with Crippen LogP contribution in [0.1, 0.15) is 33.3 Å². The maximum Gasteiger partial charge on any atom is 0.194 e. The highest BCUT2D eigenvalue weighted by Gasteiger charge is 2.53. The Balaban J connectivity index is 2.06. The molecule has 0 aliphatic carbocycles. The van der Waals surface area contributed by atoms with Gasteiger partial charge in [0.05, 0.1) is 7.11 Å². The van der Waals surface area contributed by atoms with E-state index in [4.69, 9.17) is 15.9 Å². The zero-order chi connectivity index (χ0) is 18.7. The van der Waals surface area contributed by atoms with Gasteiger partial charge in [-0.3, -0.25) is 4.99 Å². The molecule has 0 atom stereocenters. The highest BCUT2D eigenvalue weighted by Crippen LogP contribution is 2.46. The van der Waals surface area contributed by atoms with E-state index in [9.17, 15) is 0 Å². The van der Waals surface area contributed by atoms with E-state index < -0.39 is 0 Å². The van der Waals surface area contributed by atoms with Gasteiger partial charge in [0.2, 0.25) is 0 Å². The van der Waals surface area contributed by atoms with Crippen molar-refractivity contribution in [1.29, 1.82) is 0 Å². The molecule has 0 bridgehead atoms. The van der Waals surface area contributed by atoms with E-state index in [0.717, 1.165) is 18.1 Å². The summed E-state index contributed by atoms with van der Waals surface area (Å²) in [4.78, 5) is 6.75. The number of likely N-dealkylation sites (tertiary alicyclic amines) is 1. The Bertz CT molecular complexity index is 687. The number of hydrogen-bond acceptors (Lipinski definition) is 3. The zero-order valence-electron chi connectivity index (χ0n) is 16.1. The minimum absolute atomic E-state index is 0.0653. The smallest absolute Gasteiger partial charge is 0.194 e. The number of methoxy groups -OCH3 is 1. The Labute approximate surface area is 151 Å². The average molecular weight is 343 g/mol. The molecule has 1 fully saturated rings. The van der Waals surface area contributed by atoms with Crippen LogP contribution in [0.15, 0.2) is 23.2 Å². The first-order chi connectivity index (χ1) is 11.8. The number of aliphatic imine (C=N–C) groups is 1. The first-order valence-electron chi connectivity index (χ1n) is 8.48. The van der Waals surface area contributed by atoms with E-state index in [1.807, 2.05) is 25.2 Å². The third kappa shape index (κ3) is 3.68. The molecule has 1 aromatic rings. The van der Waals surface area contributed by atoms with Gasteiger partial charge in [-0.2, -0.15) is 0 Å². The number of terminal acetylenes is 1. The number of nitrogens with one attached hydrogen (secondary N) is 1. The van der Waals surface area contributed by atoms with Gasteiger partial charge < -0.3 is 19.7 Å². The maximum absolute atomic E-state index is 5.56. The van der Waals surface area contributed by atoms with E-state index >= 15 is 0 Å². The summed E-state index contributed by atoms with van der Waals surface area (Å²) >= 11 is 0. The summed E-state index contributed by atoms with van der Waals surface area (Å²) in [6.07, 6.45) is 5.28. The monoisotopic (exact) mass is 343 g/mol. The summed E-state index contributed by atoms with van der Waals surface area (Å²) in [7, 11) is 3.44. The second-order valence-electron chi connectivity index (χ2n) is 7.41. The van der Waals surface area contributed by atoms with Crippen LogP contribution in [0.2, 0.25) is 0 Å². The van der Waals surface area contributed by atoms with E-state index in [1.165, 1.54) is 0 Å². The van der Waals surface area contributed by atoms with Crippen molar-refractivity contribution in [2.75, 3.05) is 27.3 Å². The van der Waals surface area contributed by atoms with Crippen LogP contribution < -0.4 is 14.8 Å². The lowest BCUT2D eigenvalue weighted by Gasteiger charge is -2.62. The van der Waals surface area contributed by atoms with Gasteiger partial charge >= 0.3 is 0 Å². The number of hydrogen-bond donors (Lipinski definition) is 1. The molecule has 0 spiro atoms. The standard InChI is InChI=1S/C20H29N3O2/c1-8-11-25-17-12-15(9-10-16(17)24-7)13-22-18(21-6)23-14-19(2,3)20(23,4)5/h1,9-10,12H,11,13-14H2,2-7H3,(H,21,22). The third-order valence-electron chi connectivity index (χ3n) is 5.34. The summed E-state index contributed by atoms with van der Waals surface area (Å²) in [5.74, 6) is 4.71. The lowest BCUT2D eigenvalue weighted by molar-refractivity contribution is -0.0667. The van der Waals surface area contributed by atoms with E-state index in [1.54, 1.807) is 7.11 Å². The van der Waals surface area contributed by atoms with Crippen molar-refractivity contribution in [3.05, 3.63) is 23.8 Å². The number of benzene rings is 1. The van der Waals surface area contributed by atoms with Crippen LogP contribution in [0.25, 0.3) is 0 Å². The Morgan fingerprint density at radius 2 is 2.04 bits per heavy atom. The van der Waals surface area contributed by atoms with Crippen LogP contribution in [-0.2, 0) is 6.54 Å². The normalized spacial score (nSPS) is 18.1. The number of rotatable bonds is 5. The van der Waals surface area contributed by atoms with E-state index in [2.05, 4.69) is 48.8 Å². The Morgan fingerprint density at radius 1 is 1.32 bits per heavy atom. The first-order valence-corrected chi connectivity index (χ1v) is 8.48. The summed E-state index contributed by atoms with van der Waals surface area (Å²) in [5.41, 5.74) is 1.41. The molecule has 25 heavy (non-hydrogen) atoms. The Hall–Kier alpha value is -2.35. The van der Waals surface area contributed by atoms with Crippen LogP contribution in [0.3, 0.4) is 0 Å². The molecule has 0 radical (unpaired) electrons. The Morgan fingerprint density at radius 3 is 2.56 bits per heavy atom. The second kappa shape index (κ2) is 7.26. The number of nitrogens with zero attached hydrogens (tertiary/aromatic N) is 2. The van der Waals surface area contributed by atoms with Gasteiger partial charge in [0.1, 0.15) is 6.61 Å². The molecule has 0 unspecified atom stereocenters. The average Bonchev–Trinajstić information content (AvgIpc) is 2.59. The van der Waals surface area contributed by atoms with Gasteiger partial charge in [-0.25, -0.2) is 0 Å². The molecule has 1 aromatic carbocycles. The highest BCUT2D eigenvalue weighted by atomic mass is 16.5. The van der Waals surface area contributed by atoms with Gasteiger partial charge in [-0.05, 0) is 31.5 Å². The molecule has 1 aliphatic rings. The summed E-state index contributed by atoms with van der Waals surface area (Å²) in [6.45, 7) is 10.9. The maximum atomic E-state index is 5.56. The predicted octanol–water partition coefficient (Wildman–Crippen LogP) is 2.90. The molecule has 5 heteroatoms. The Kier molecular flexibility index (Phi) is 5.52. The van der Waals surface area contributed by atoms with Gasteiger partial charge in [0, 0.05) is 31.1 Å². The minimum atomic E-state index is 0.0653. The van der Waals surface area contributed by atoms with Gasteiger partial charge in [-0.15, -0.1) is 6.42 Å². The van der Waals surface area contributed by atoms with Crippen LogP contribution in [-0.4, -0.2) is 43.7 Å². The summed E-state index contributed by atoms with van der Waals surface area (Å²) < 4.78 is 10.9. The minimum Gasteiger partial charge on any atom is -0.493 e. The van der Waals surface area contributed by atoms with Crippen LogP contribution >= 0.6 is 0 Å². The van der Waals surface area contributed by atoms with Crippen LogP contribution in [0.4, 0.5) is 0 Å². The van der Waals surface area contributed by atoms with Crippen LogP contribution in [0.5, 0.6) is 11.5 Å². The topological polar surface area (TPSA) is 46.1 Å². The molecule has 2 rings (SSSR count). The zero-order valence-corrected chi connectivity index (χ0v) is 16.1. The molecule has 0 amide bonds. The molecule has 1 heterocycles. The van der Waals surface area contributed by atoms with Gasteiger partial charge in [0.15, 0.2) is 17.5 Å². The molecule has 1 N–H and O–H groups in total. The number of ether oxygens (including phenoxy) is 2. The van der Waals surface area contributed by atoms with Gasteiger partial charge in [-0.1, -0.05) is 25.8 Å². The fraction of sp³-hybridized carbons (Fsp3) is 0.550. The second-order valence-corrected chi connectivity index (χ2v) is 7.41. The quantitative estimate of drug-likeness (QED) is 0.507. The van der Waals surface area contributed by atoms with Crippen molar-refractivity contribution in [2.45, 2.75) is 39.8 Å². The summed E-state index contributed by atoms with van der Waals surface area (Å²) in [5, 5.41) is 3.44. The highest BCUT2D eigenvalue weighted by molar-refractivity contribution is 5.82. The van der Waals surface area contributed by atoms with E-state index in [0.29, 0.717) is 18.0 Å². The van der Waals surface area contributed by atoms with Crippen molar-refractivity contribution in [1.82, 2.24) is 10.2 Å². The van der Waals surface area contributed by atoms with Gasteiger partial charge in [0.25, 0.3) is 0 Å². The molecule has 1 aliphatic heterocycles. The molecular weight excluding hydrogens is 314 g/mol. The van der Waals surface area contributed by atoms with Crippen molar-refractivity contribution >= 4 is 5.96 Å². The largest absolute Gasteiger partial charge is 0.493 e. The molecule has 136 valence electrons. The van der Waals surface area contributed by atoms with Crippen molar-refractivity contribution in [3.63, 3.8) is 0 Å². The first kappa shape index (κ1) is 19.0. The van der Waals surface area contributed by atoms with Crippen LogP contribution in [0, 0.1) is 17.8 Å². The fourth-order valence-corrected chi connectivity index (χ4v) is 2.94. The van der Waals surface area contributed by atoms with Crippen molar-refractivity contribution in [3.8, 4) is 23.8 Å². The third-order valence-corrected chi connectivity index (χ3v) is 5.34. The predicted molar refractivity (Wildman–Crippen MR) is 102 cm³/mol. The lowest BCUT2D eigenvalue weighted by Crippen LogP contribution is -2.72. The molecule has 0 saturated carbocycles. The lowest BCUT2D eigenvalue weighted by atomic mass is 9.65. The molecule has 1 saturated heterocycles.